The predicted molar refractivity (Wildman–Crippen MR) is 75.6 cm³/mol. The summed E-state index contributed by atoms with van der Waals surface area (Å²) in [6.07, 6.45) is 6.59. The third kappa shape index (κ3) is 3.55. The van der Waals surface area contributed by atoms with E-state index in [1.807, 2.05) is 23.4 Å². The standard InChI is InChI=1S/C13H18BrNOS/c1-15(8-10-5-3-2-4-6-10)13(16)11-7-12(14)17-9-11/h7,9-10H,2-6,8H2,1H3. The molecule has 17 heavy (non-hydrogen) atoms. The minimum Gasteiger partial charge on any atom is -0.341 e. The van der Waals surface area contributed by atoms with E-state index in [9.17, 15) is 4.79 Å². The zero-order valence-electron chi connectivity index (χ0n) is 10.1. The molecule has 1 aromatic rings. The highest BCUT2D eigenvalue weighted by Gasteiger charge is 2.19. The third-order valence-electron chi connectivity index (χ3n) is 3.42. The monoisotopic (exact) mass is 315 g/mol. The highest BCUT2D eigenvalue weighted by Crippen LogP contribution is 2.25. The van der Waals surface area contributed by atoms with E-state index in [0.717, 1.165) is 15.9 Å². The van der Waals surface area contributed by atoms with Gasteiger partial charge in [0.1, 0.15) is 0 Å². The van der Waals surface area contributed by atoms with Gasteiger partial charge in [0.2, 0.25) is 0 Å². The summed E-state index contributed by atoms with van der Waals surface area (Å²) in [6.45, 7) is 0.909. The first kappa shape index (κ1) is 13.1. The fourth-order valence-corrected chi connectivity index (χ4v) is 3.61. The fraction of sp³-hybridized carbons (Fsp3) is 0.615. The Labute approximate surface area is 115 Å². The molecule has 0 radical (unpaired) electrons. The Hall–Kier alpha value is -0.350. The number of thiophene rings is 1. The van der Waals surface area contributed by atoms with Gasteiger partial charge in [-0.25, -0.2) is 0 Å². The topological polar surface area (TPSA) is 20.3 Å². The van der Waals surface area contributed by atoms with Crippen molar-refractivity contribution < 1.29 is 4.79 Å². The molecular formula is C13H18BrNOS. The van der Waals surface area contributed by atoms with Crippen LogP contribution in [0.4, 0.5) is 0 Å². The largest absolute Gasteiger partial charge is 0.341 e. The number of nitrogens with zero attached hydrogens (tertiary/aromatic N) is 1. The van der Waals surface area contributed by atoms with Crippen LogP contribution in [-0.4, -0.2) is 24.4 Å². The van der Waals surface area contributed by atoms with Crippen LogP contribution < -0.4 is 0 Å². The van der Waals surface area contributed by atoms with Gasteiger partial charge >= 0.3 is 0 Å². The fourth-order valence-electron chi connectivity index (χ4n) is 2.48. The number of amides is 1. The number of carbonyl (C=O) groups is 1. The normalized spacial score (nSPS) is 17.1. The van der Waals surface area contributed by atoms with E-state index in [-0.39, 0.29) is 5.91 Å². The molecule has 0 saturated heterocycles. The van der Waals surface area contributed by atoms with Crippen molar-refractivity contribution in [3.05, 3.63) is 20.8 Å². The van der Waals surface area contributed by atoms with E-state index in [4.69, 9.17) is 0 Å². The van der Waals surface area contributed by atoms with Crippen LogP contribution >= 0.6 is 27.3 Å². The van der Waals surface area contributed by atoms with Gasteiger partial charge < -0.3 is 4.90 Å². The van der Waals surface area contributed by atoms with E-state index in [2.05, 4.69) is 15.9 Å². The van der Waals surface area contributed by atoms with Crippen molar-refractivity contribution in [1.82, 2.24) is 4.90 Å². The maximum absolute atomic E-state index is 12.1. The molecule has 1 amide bonds. The Balaban J connectivity index is 1.90. The first-order chi connectivity index (χ1) is 8.16. The molecule has 1 fully saturated rings. The Bertz CT molecular complexity index is 385. The Morgan fingerprint density at radius 2 is 2.18 bits per heavy atom. The molecule has 0 atom stereocenters. The Kier molecular flexibility index (Phi) is 4.62. The van der Waals surface area contributed by atoms with Gasteiger partial charge in [-0.15, -0.1) is 11.3 Å². The first-order valence-corrected chi connectivity index (χ1v) is 7.83. The first-order valence-electron chi connectivity index (χ1n) is 6.16. The number of halogens is 1. The van der Waals surface area contributed by atoms with Crippen LogP contribution in [0, 0.1) is 5.92 Å². The average Bonchev–Trinajstić information content (AvgIpc) is 2.76. The molecule has 0 aromatic carbocycles. The highest BCUT2D eigenvalue weighted by atomic mass is 79.9. The van der Waals surface area contributed by atoms with E-state index >= 15 is 0 Å². The maximum Gasteiger partial charge on any atom is 0.254 e. The molecule has 0 spiro atoms. The van der Waals surface area contributed by atoms with Crippen molar-refractivity contribution in [2.24, 2.45) is 5.92 Å². The number of hydrogen-bond acceptors (Lipinski definition) is 2. The molecule has 0 aliphatic heterocycles. The molecule has 1 aromatic heterocycles. The maximum atomic E-state index is 12.1. The second-order valence-corrected chi connectivity index (χ2v) is 7.12. The van der Waals surface area contributed by atoms with Gasteiger partial charge in [-0.3, -0.25) is 4.79 Å². The predicted octanol–water partition coefficient (Wildman–Crippen LogP) is 4.16. The van der Waals surface area contributed by atoms with Crippen LogP contribution in [0.3, 0.4) is 0 Å². The molecule has 1 aliphatic carbocycles. The van der Waals surface area contributed by atoms with Crippen LogP contribution in [0.2, 0.25) is 0 Å². The van der Waals surface area contributed by atoms with Crippen LogP contribution in [0.15, 0.2) is 15.2 Å². The van der Waals surface area contributed by atoms with Gasteiger partial charge in [0.05, 0.1) is 9.35 Å². The molecule has 2 nitrogen and oxygen atoms in total. The quantitative estimate of drug-likeness (QED) is 0.820. The molecule has 1 aliphatic rings. The molecule has 1 heterocycles. The number of carbonyl (C=O) groups excluding carboxylic acids is 1. The van der Waals surface area contributed by atoms with Gasteiger partial charge in [0.25, 0.3) is 5.91 Å². The van der Waals surface area contributed by atoms with Crippen LogP contribution in [-0.2, 0) is 0 Å². The molecule has 0 N–H and O–H groups in total. The SMILES string of the molecule is CN(CC1CCCCC1)C(=O)c1csc(Br)c1. The lowest BCUT2D eigenvalue weighted by Gasteiger charge is -2.26. The van der Waals surface area contributed by atoms with Gasteiger partial charge in [0.15, 0.2) is 0 Å². The molecule has 1 saturated carbocycles. The second-order valence-electron chi connectivity index (χ2n) is 4.83. The van der Waals surface area contributed by atoms with Crippen LogP contribution in [0.25, 0.3) is 0 Å². The van der Waals surface area contributed by atoms with Gasteiger partial charge in [-0.2, -0.15) is 0 Å². The lowest BCUT2D eigenvalue weighted by atomic mass is 9.89. The summed E-state index contributed by atoms with van der Waals surface area (Å²) in [5, 5.41) is 1.92. The summed E-state index contributed by atoms with van der Waals surface area (Å²) in [5.41, 5.74) is 0.806. The third-order valence-corrected chi connectivity index (χ3v) is 4.92. The van der Waals surface area contributed by atoms with Crippen molar-refractivity contribution >= 4 is 33.2 Å². The molecule has 94 valence electrons. The summed E-state index contributed by atoms with van der Waals surface area (Å²) < 4.78 is 1.02. The Morgan fingerprint density at radius 3 is 2.76 bits per heavy atom. The average molecular weight is 316 g/mol. The summed E-state index contributed by atoms with van der Waals surface area (Å²) in [5.74, 6) is 0.859. The van der Waals surface area contributed by atoms with Crippen molar-refractivity contribution in [3.8, 4) is 0 Å². The summed E-state index contributed by atoms with van der Waals surface area (Å²) >= 11 is 4.96. The van der Waals surface area contributed by atoms with Crippen molar-refractivity contribution in [2.45, 2.75) is 32.1 Å². The van der Waals surface area contributed by atoms with Crippen molar-refractivity contribution in [3.63, 3.8) is 0 Å². The van der Waals surface area contributed by atoms with E-state index in [0.29, 0.717) is 5.92 Å². The number of rotatable bonds is 3. The lowest BCUT2D eigenvalue weighted by Crippen LogP contribution is -2.32. The minimum atomic E-state index is 0.150. The molecule has 0 unspecified atom stereocenters. The Morgan fingerprint density at radius 1 is 1.47 bits per heavy atom. The van der Waals surface area contributed by atoms with E-state index < -0.39 is 0 Å². The zero-order chi connectivity index (χ0) is 12.3. The molecular weight excluding hydrogens is 298 g/mol. The number of hydrogen-bond donors (Lipinski definition) is 0. The van der Waals surface area contributed by atoms with Crippen molar-refractivity contribution in [1.29, 1.82) is 0 Å². The van der Waals surface area contributed by atoms with E-state index in [1.54, 1.807) is 11.3 Å². The summed E-state index contributed by atoms with van der Waals surface area (Å²) in [4.78, 5) is 14.0. The van der Waals surface area contributed by atoms with Gasteiger partial charge in [-0.1, -0.05) is 19.3 Å². The lowest BCUT2D eigenvalue weighted by molar-refractivity contribution is 0.0761. The van der Waals surface area contributed by atoms with Crippen molar-refractivity contribution in [2.75, 3.05) is 13.6 Å². The zero-order valence-corrected chi connectivity index (χ0v) is 12.5. The smallest absolute Gasteiger partial charge is 0.254 e. The summed E-state index contributed by atoms with van der Waals surface area (Å²) in [6, 6.07) is 1.91. The molecule has 2 rings (SSSR count). The van der Waals surface area contributed by atoms with Crippen LogP contribution in [0.1, 0.15) is 42.5 Å². The molecule has 4 heteroatoms. The molecule has 0 bridgehead atoms. The van der Waals surface area contributed by atoms with Gasteiger partial charge in [-0.05, 0) is 40.8 Å². The highest BCUT2D eigenvalue weighted by molar-refractivity contribution is 9.11. The summed E-state index contributed by atoms with van der Waals surface area (Å²) in [7, 11) is 1.92. The second kappa shape index (κ2) is 6.01. The van der Waals surface area contributed by atoms with Gasteiger partial charge in [0, 0.05) is 19.0 Å². The van der Waals surface area contributed by atoms with Crippen LogP contribution in [0.5, 0.6) is 0 Å². The van der Waals surface area contributed by atoms with E-state index in [1.165, 1.54) is 32.1 Å². The minimum absolute atomic E-state index is 0.150.